The first-order valence-corrected chi connectivity index (χ1v) is 9.94. The number of thioether (sulfide) groups is 1. The summed E-state index contributed by atoms with van der Waals surface area (Å²) in [7, 11) is 0. The fraction of sp³-hybridized carbons (Fsp3) is 0.524. The average Bonchev–Trinajstić information content (AvgIpc) is 2.63. The van der Waals surface area contributed by atoms with E-state index >= 15 is 0 Å². The number of allylic oxidation sites excluding steroid dienone is 1. The summed E-state index contributed by atoms with van der Waals surface area (Å²) in [6, 6.07) is 9.57. The first-order valence-electron chi connectivity index (χ1n) is 9.12. The molecule has 1 atom stereocenters. The Morgan fingerprint density at radius 2 is 1.84 bits per heavy atom. The lowest BCUT2D eigenvalue weighted by atomic mass is 10.1. The molecule has 0 unspecified atom stereocenters. The van der Waals surface area contributed by atoms with Gasteiger partial charge >= 0.3 is 5.97 Å². The highest BCUT2D eigenvalue weighted by Crippen LogP contribution is 2.30. The number of benzene rings is 1. The van der Waals surface area contributed by atoms with Gasteiger partial charge in [-0.2, -0.15) is 0 Å². The number of carbonyl (C=O) groups excluding carboxylic acids is 2. The van der Waals surface area contributed by atoms with Gasteiger partial charge in [0.05, 0.1) is 0 Å². The number of ether oxygens (including phenoxy) is 1. The Kier molecular flexibility index (Phi) is 10.2. The lowest BCUT2D eigenvalue weighted by Crippen LogP contribution is -2.32. The Hall–Kier alpha value is -1.55. The van der Waals surface area contributed by atoms with Crippen molar-refractivity contribution < 1.29 is 14.3 Å². The van der Waals surface area contributed by atoms with E-state index in [0.29, 0.717) is 6.42 Å². The number of hydrogen-bond acceptors (Lipinski definition) is 4. The molecule has 0 amide bonds. The van der Waals surface area contributed by atoms with Crippen molar-refractivity contribution >= 4 is 22.8 Å². The van der Waals surface area contributed by atoms with Gasteiger partial charge in [0.15, 0.2) is 5.12 Å². The van der Waals surface area contributed by atoms with Crippen molar-refractivity contribution in [2.24, 2.45) is 0 Å². The predicted octanol–water partition coefficient (Wildman–Crippen LogP) is 5.68. The minimum Gasteiger partial charge on any atom is -0.460 e. The van der Waals surface area contributed by atoms with Crippen LogP contribution in [0.3, 0.4) is 0 Å². The van der Waals surface area contributed by atoms with E-state index in [-0.39, 0.29) is 17.7 Å². The van der Waals surface area contributed by atoms with E-state index in [1.54, 1.807) is 13.8 Å². The molecule has 138 valence electrons. The van der Waals surface area contributed by atoms with Crippen molar-refractivity contribution in [1.29, 1.82) is 0 Å². The molecule has 0 saturated carbocycles. The van der Waals surface area contributed by atoms with Crippen LogP contribution in [-0.2, 0) is 20.9 Å². The van der Waals surface area contributed by atoms with Crippen molar-refractivity contribution in [2.45, 2.75) is 70.7 Å². The van der Waals surface area contributed by atoms with Crippen LogP contribution in [0.15, 0.2) is 42.5 Å². The van der Waals surface area contributed by atoms with Gasteiger partial charge in [-0.3, -0.25) is 9.59 Å². The molecule has 0 saturated heterocycles. The maximum atomic E-state index is 12.6. The zero-order valence-corrected chi connectivity index (χ0v) is 16.4. The third-order valence-electron chi connectivity index (χ3n) is 3.89. The first-order chi connectivity index (χ1) is 12.0. The van der Waals surface area contributed by atoms with Crippen molar-refractivity contribution in [3.63, 3.8) is 0 Å². The summed E-state index contributed by atoms with van der Waals surface area (Å²) in [6.07, 6.45) is 9.89. The Balaban J connectivity index is 2.67. The van der Waals surface area contributed by atoms with E-state index in [0.717, 1.165) is 30.2 Å². The number of rotatable bonds is 11. The Morgan fingerprint density at radius 3 is 2.48 bits per heavy atom. The van der Waals surface area contributed by atoms with Crippen LogP contribution in [0, 0.1) is 0 Å². The van der Waals surface area contributed by atoms with Crippen LogP contribution in [0.4, 0.5) is 0 Å². The van der Waals surface area contributed by atoms with Gasteiger partial charge in [0.1, 0.15) is 11.4 Å². The maximum Gasteiger partial charge on any atom is 0.326 e. The van der Waals surface area contributed by atoms with Gasteiger partial charge in [-0.15, -0.1) is 0 Å². The van der Waals surface area contributed by atoms with Gasteiger partial charge in [0.2, 0.25) is 0 Å². The van der Waals surface area contributed by atoms with Crippen LogP contribution in [-0.4, -0.2) is 15.8 Å². The molecular formula is C21H30O3S. The number of esters is 1. The molecule has 1 aromatic carbocycles. The number of carbonyl (C=O) groups is 2. The zero-order valence-electron chi connectivity index (χ0n) is 15.6. The standard InChI is InChI=1S/C21H30O3S/c1-4-6-7-8-9-13-16-21(3,25-19(22)5-2)20(23)24-17-18-14-11-10-12-15-18/h10-16H,4-9,17H2,1-3H3/t21-/m1/s1. The fourth-order valence-corrected chi connectivity index (χ4v) is 3.24. The van der Waals surface area contributed by atoms with Crippen LogP contribution in [0.25, 0.3) is 0 Å². The summed E-state index contributed by atoms with van der Waals surface area (Å²) in [5, 5.41) is -0.00482. The van der Waals surface area contributed by atoms with Gasteiger partial charge in [0.25, 0.3) is 0 Å². The quantitative estimate of drug-likeness (QED) is 0.288. The third-order valence-corrected chi connectivity index (χ3v) is 5.14. The molecular weight excluding hydrogens is 332 g/mol. The average molecular weight is 363 g/mol. The maximum absolute atomic E-state index is 12.6. The van der Waals surface area contributed by atoms with Gasteiger partial charge in [-0.25, -0.2) is 0 Å². The van der Waals surface area contributed by atoms with Crippen molar-refractivity contribution in [3.05, 3.63) is 48.0 Å². The van der Waals surface area contributed by atoms with Crippen molar-refractivity contribution in [1.82, 2.24) is 0 Å². The lowest BCUT2D eigenvalue weighted by molar-refractivity contribution is -0.146. The second-order valence-electron chi connectivity index (χ2n) is 6.25. The van der Waals surface area contributed by atoms with E-state index < -0.39 is 4.75 Å². The molecule has 0 aliphatic heterocycles. The van der Waals surface area contributed by atoms with Crippen LogP contribution in [0.5, 0.6) is 0 Å². The van der Waals surface area contributed by atoms with E-state index in [2.05, 4.69) is 6.92 Å². The molecule has 3 nitrogen and oxygen atoms in total. The summed E-state index contributed by atoms with van der Waals surface area (Å²) in [5.74, 6) is -0.368. The molecule has 25 heavy (non-hydrogen) atoms. The molecule has 0 aromatic heterocycles. The Labute approximate surface area is 156 Å². The first kappa shape index (κ1) is 21.5. The molecule has 1 aromatic rings. The van der Waals surface area contributed by atoms with E-state index in [4.69, 9.17) is 4.74 Å². The van der Waals surface area contributed by atoms with Crippen molar-refractivity contribution in [3.8, 4) is 0 Å². The molecule has 1 rings (SSSR count). The molecule has 0 spiro atoms. The number of hydrogen-bond donors (Lipinski definition) is 0. The molecule has 0 bridgehead atoms. The van der Waals surface area contributed by atoms with Crippen LogP contribution < -0.4 is 0 Å². The normalized spacial score (nSPS) is 13.6. The van der Waals surface area contributed by atoms with E-state index in [9.17, 15) is 9.59 Å². The lowest BCUT2D eigenvalue weighted by Gasteiger charge is -2.22. The van der Waals surface area contributed by atoms with Crippen LogP contribution >= 0.6 is 11.8 Å². The molecule has 0 fully saturated rings. The third kappa shape index (κ3) is 8.39. The summed E-state index contributed by atoms with van der Waals surface area (Å²) in [4.78, 5) is 24.5. The van der Waals surface area contributed by atoms with E-state index in [1.165, 1.54) is 19.3 Å². The van der Waals surface area contributed by atoms with Gasteiger partial charge < -0.3 is 4.74 Å². The SMILES string of the molecule is CCCCCCC=C[C@@](C)(SC(=O)CC)C(=O)OCc1ccccc1. The van der Waals surface area contributed by atoms with Crippen LogP contribution in [0.1, 0.15) is 64.9 Å². The molecule has 4 heteroatoms. The van der Waals surface area contributed by atoms with Crippen LogP contribution in [0.2, 0.25) is 0 Å². The molecule has 0 heterocycles. The highest BCUT2D eigenvalue weighted by molar-refractivity contribution is 8.15. The molecule has 0 aliphatic carbocycles. The second-order valence-corrected chi connectivity index (χ2v) is 7.76. The predicted molar refractivity (Wildman–Crippen MR) is 105 cm³/mol. The van der Waals surface area contributed by atoms with E-state index in [1.807, 2.05) is 42.5 Å². The zero-order chi connectivity index (χ0) is 18.5. The van der Waals surface area contributed by atoms with Crippen molar-refractivity contribution in [2.75, 3.05) is 0 Å². The topological polar surface area (TPSA) is 43.4 Å². The largest absolute Gasteiger partial charge is 0.460 e. The smallest absolute Gasteiger partial charge is 0.326 e. The monoisotopic (exact) mass is 362 g/mol. The molecule has 0 radical (unpaired) electrons. The summed E-state index contributed by atoms with van der Waals surface area (Å²) < 4.78 is 4.51. The fourth-order valence-electron chi connectivity index (χ4n) is 2.32. The second kappa shape index (κ2) is 11.9. The Bertz CT molecular complexity index is 554. The van der Waals surface area contributed by atoms with Gasteiger partial charge in [-0.05, 0) is 25.3 Å². The summed E-state index contributed by atoms with van der Waals surface area (Å²) in [6.45, 7) is 5.98. The number of unbranched alkanes of at least 4 members (excludes halogenated alkanes) is 4. The summed E-state index contributed by atoms with van der Waals surface area (Å²) in [5.41, 5.74) is 0.938. The van der Waals surface area contributed by atoms with Gasteiger partial charge in [0, 0.05) is 6.42 Å². The molecule has 0 N–H and O–H groups in total. The minimum absolute atomic E-state index is 0.00482. The highest BCUT2D eigenvalue weighted by atomic mass is 32.2. The minimum atomic E-state index is -0.966. The van der Waals surface area contributed by atoms with Gasteiger partial charge in [-0.1, -0.05) is 87.4 Å². The molecule has 0 aliphatic rings. The summed E-state index contributed by atoms with van der Waals surface area (Å²) >= 11 is 1.06. The Morgan fingerprint density at radius 1 is 1.12 bits per heavy atom. The highest BCUT2D eigenvalue weighted by Gasteiger charge is 2.35.